The lowest BCUT2D eigenvalue weighted by Gasteiger charge is -2.25. The molecule has 1 N–H and O–H groups in total. The summed E-state index contributed by atoms with van der Waals surface area (Å²) < 4.78 is 28.3. The highest BCUT2D eigenvalue weighted by Gasteiger charge is 2.30. The van der Waals surface area contributed by atoms with Gasteiger partial charge in [0.05, 0.1) is 17.9 Å². The molecule has 1 fully saturated rings. The summed E-state index contributed by atoms with van der Waals surface area (Å²) in [6.45, 7) is 8.62. The lowest BCUT2D eigenvalue weighted by atomic mass is 10.2. The van der Waals surface area contributed by atoms with E-state index in [0.29, 0.717) is 12.6 Å². The van der Waals surface area contributed by atoms with E-state index in [0.717, 1.165) is 25.6 Å². The number of hydrogen-bond acceptors (Lipinski definition) is 4. The Kier molecular flexibility index (Phi) is 9.99. The molecule has 8 heteroatoms. The lowest BCUT2D eigenvalue weighted by molar-refractivity contribution is 0.115. The number of rotatable bonds is 9. The first kappa shape index (κ1) is 22.9. The first-order chi connectivity index (χ1) is 10.2. The van der Waals surface area contributed by atoms with E-state index in [4.69, 9.17) is 4.74 Å². The van der Waals surface area contributed by atoms with Crippen LogP contribution in [0.5, 0.6) is 0 Å². The molecule has 0 bridgehead atoms. The minimum Gasteiger partial charge on any atom is -0.379 e. The summed E-state index contributed by atoms with van der Waals surface area (Å²) in [5.41, 5.74) is 0. The van der Waals surface area contributed by atoms with Gasteiger partial charge in [-0.1, -0.05) is 0 Å². The Labute approximate surface area is 158 Å². The van der Waals surface area contributed by atoms with Gasteiger partial charge in [-0.15, -0.1) is 24.0 Å². The van der Waals surface area contributed by atoms with E-state index in [-0.39, 0.29) is 30.5 Å². The standard InChI is InChI=1S/C15H31N3O3S.HI/c1-6-16-14(17-12-15(2,3)22(5,19)20)18(4)9-10-21-11-13-7-8-13;/h13H,6-12H2,1-5H3,(H,16,17);1H. The van der Waals surface area contributed by atoms with Gasteiger partial charge in [-0.3, -0.25) is 4.99 Å². The third kappa shape index (κ3) is 8.53. The van der Waals surface area contributed by atoms with Crippen LogP contribution in [0, 0.1) is 5.92 Å². The Morgan fingerprint density at radius 3 is 2.48 bits per heavy atom. The van der Waals surface area contributed by atoms with Crippen molar-refractivity contribution < 1.29 is 13.2 Å². The van der Waals surface area contributed by atoms with Crippen molar-refractivity contribution in [3.63, 3.8) is 0 Å². The van der Waals surface area contributed by atoms with Crippen LogP contribution in [-0.2, 0) is 14.6 Å². The van der Waals surface area contributed by atoms with Crippen molar-refractivity contribution >= 4 is 39.8 Å². The van der Waals surface area contributed by atoms with E-state index < -0.39 is 14.6 Å². The monoisotopic (exact) mass is 461 g/mol. The number of ether oxygens (including phenoxy) is 1. The molecule has 1 aliphatic rings. The molecule has 6 nitrogen and oxygen atoms in total. The third-order valence-corrected chi connectivity index (χ3v) is 6.07. The molecule has 0 radical (unpaired) electrons. The Morgan fingerprint density at radius 1 is 1.39 bits per heavy atom. The van der Waals surface area contributed by atoms with E-state index in [2.05, 4.69) is 10.3 Å². The number of halogens is 1. The zero-order valence-electron chi connectivity index (χ0n) is 15.0. The number of nitrogens with zero attached hydrogens (tertiary/aromatic N) is 2. The molecule has 0 aromatic carbocycles. The largest absolute Gasteiger partial charge is 0.379 e. The third-order valence-electron chi connectivity index (χ3n) is 3.93. The van der Waals surface area contributed by atoms with Crippen LogP contribution in [0.4, 0.5) is 0 Å². The summed E-state index contributed by atoms with van der Waals surface area (Å²) in [7, 11) is -1.20. The first-order valence-electron chi connectivity index (χ1n) is 7.94. The summed E-state index contributed by atoms with van der Waals surface area (Å²) in [5.74, 6) is 1.48. The predicted molar refractivity (Wildman–Crippen MR) is 106 cm³/mol. The second-order valence-corrected chi connectivity index (χ2v) is 9.29. The van der Waals surface area contributed by atoms with Gasteiger partial charge in [-0.25, -0.2) is 8.42 Å². The zero-order valence-corrected chi connectivity index (χ0v) is 18.1. The fourth-order valence-electron chi connectivity index (χ4n) is 1.69. The number of nitrogens with one attached hydrogen (secondary N) is 1. The van der Waals surface area contributed by atoms with Crippen molar-refractivity contribution in [3.8, 4) is 0 Å². The lowest BCUT2D eigenvalue weighted by Crippen LogP contribution is -2.42. The highest BCUT2D eigenvalue weighted by molar-refractivity contribution is 14.0. The van der Waals surface area contributed by atoms with Gasteiger partial charge < -0.3 is 15.0 Å². The number of sulfone groups is 1. The van der Waals surface area contributed by atoms with E-state index >= 15 is 0 Å². The van der Waals surface area contributed by atoms with Gasteiger partial charge in [0.25, 0.3) is 0 Å². The van der Waals surface area contributed by atoms with Crippen molar-refractivity contribution in [1.82, 2.24) is 10.2 Å². The predicted octanol–water partition coefficient (Wildman–Crippen LogP) is 1.75. The SMILES string of the molecule is CCNC(=NCC(C)(C)S(C)(=O)=O)N(C)CCOCC1CC1.I. The number of likely N-dealkylation sites (N-methyl/N-ethyl adjacent to an activating group) is 1. The zero-order chi connectivity index (χ0) is 16.8. The summed E-state index contributed by atoms with van der Waals surface area (Å²) in [4.78, 5) is 6.46. The molecule has 0 heterocycles. The highest BCUT2D eigenvalue weighted by atomic mass is 127. The Hall–Kier alpha value is -0.0900. The average Bonchev–Trinajstić information content (AvgIpc) is 3.22. The van der Waals surface area contributed by atoms with E-state index in [9.17, 15) is 8.42 Å². The van der Waals surface area contributed by atoms with Crippen LogP contribution in [0.3, 0.4) is 0 Å². The summed E-state index contributed by atoms with van der Waals surface area (Å²) >= 11 is 0. The maximum Gasteiger partial charge on any atom is 0.193 e. The molecule has 1 aliphatic carbocycles. The molecule has 138 valence electrons. The molecule has 0 saturated heterocycles. The maximum atomic E-state index is 11.8. The van der Waals surface area contributed by atoms with Gasteiger partial charge in [-0.05, 0) is 39.5 Å². The van der Waals surface area contributed by atoms with Crippen molar-refractivity contribution in [3.05, 3.63) is 0 Å². The highest BCUT2D eigenvalue weighted by Crippen LogP contribution is 2.28. The van der Waals surface area contributed by atoms with Crippen LogP contribution in [0.2, 0.25) is 0 Å². The molecule has 0 atom stereocenters. The number of hydrogen-bond donors (Lipinski definition) is 1. The smallest absolute Gasteiger partial charge is 0.193 e. The van der Waals surface area contributed by atoms with Crippen LogP contribution in [-0.4, -0.2) is 70.2 Å². The molecule has 1 saturated carbocycles. The van der Waals surface area contributed by atoms with E-state index in [1.807, 2.05) is 18.9 Å². The minimum atomic E-state index is -3.14. The van der Waals surface area contributed by atoms with Crippen LogP contribution < -0.4 is 5.32 Å². The van der Waals surface area contributed by atoms with Crippen LogP contribution in [0.25, 0.3) is 0 Å². The summed E-state index contributed by atoms with van der Waals surface area (Å²) in [6.07, 6.45) is 3.84. The van der Waals surface area contributed by atoms with E-state index in [1.54, 1.807) is 13.8 Å². The molecule has 0 aliphatic heterocycles. The fraction of sp³-hybridized carbons (Fsp3) is 0.933. The van der Waals surface area contributed by atoms with Crippen LogP contribution in [0.15, 0.2) is 4.99 Å². The summed E-state index contributed by atoms with van der Waals surface area (Å²) in [5, 5.41) is 3.19. The molecule has 0 unspecified atom stereocenters. The van der Waals surface area contributed by atoms with Gasteiger partial charge in [0.1, 0.15) is 0 Å². The molecule has 0 amide bonds. The number of guanidine groups is 1. The summed E-state index contributed by atoms with van der Waals surface area (Å²) in [6, 6.07) is 0. The second-order valence-electron chi connectivity index (χ2n) is 6.64. The Morgan fingerprint density at radius 2 is 2.00 bits per heavy atom. The van der Waals surface area contributed by atoms with Crippen molar-refractivity contribution in [1.29, 1.82) is 0 Å². The Balaban J connectivity index is 0.00000484. The quantitative estimate of drug-likeness (QED) is 0.245. The first-order valence-corrected chi connectivity index (χ1v) is 9.83. The van der Waals surface area contributed by atoms with Crippen molar-refractivity contribution in [2.75, 3.05) is 46.2 Å². The van der Waals surface area contributed by atoms with Gasteiger partial charge in [-0.2, -0.15) is 0 Å². The molecule has 1 rings (SSSR count). The topological polar surface area (TPSA) is 71.0 Å². The molecule has 0 aromatic rings. The van der Waals surface area contributed by atoms with E-state index in [1.165, 1.54) is 19.1 Å². The molecule has 0 spiro atoms. The van der Waals surface area contributed by atoms with Gasteiger partial charge in [0.2, 0.25) is 0 Å². The normalized spacial score (nSPS) is 16.0. The Bertz CT molecular complexity index is 476. The molecular formula is C15H32IN3O3S. The maximum absolute atomic E-state index is 11.8. The van der Waals surface area contributed by atoms with Gasteiger partial charge in [0.15, 0.2) is 15.8 Å². The number of aliphatic imine (C=N–C) groups is 1. The van der Waals surface area contributed by atoms with Gasteiger partial charge >= 0.3 is 0 Å². The average molecular weight is 461 g/mol. The minimum absolute atomic E-state index is 0. The van der Waals surface area contributed by atoms with Crippen molar-refractivity contribution in [2.24, 2.45) is 10.9 Å². The fourth-order valence-corrected chi connectivity index (χ4v) is 1.99. The van der Waals surface area contributed by atoms with Gasteiger partial charge in [0, 0.05) is 33.0 Å². The molecule has 0 aromatic heterocycles. The second kappa shape index (κ2) is 10.0. The molecule has 23 heavy (non-hydrogen) atoms. The molecular weight excluding hydrogens is 429 g/mol. The van der Waals surface area contributed by atoms with Crippen LogP contribution >= 0.6 is 24.0 Å². The van der Waals surface area contributed by atoms with Crippen LogP contribution in [0.1, 0.15) is 33.6 Å². The van der Waals surface area contributed by atoms with Crippen molar-refractivity contribution in [2.45, 2.75) is 38.4 Å².